The summed E-state index contributed by atoms with van der Waals surface area (Å²) in [4.78, 5) is 52.8. The highest BCUT2D eigenvalue weighted by atomic mass is 16.7. The average Bonchev–Trinajstić information content (AvgIpc) is 3.10. The number of methoxy groups -OCH3 is 1. The van der Waals surface area contributed by atoms with Crippen LogP contribution in [0.25, 0.3) is 0 Å². The van der Waals surface area contributed by atoms with Crippen molar-refractivity contribution >= 4 is 23.9 Å². The summed E-state index contributed by atoms with van der Waals surface area (Å²) in [5, 5.41) is 0. The maximum absolute atomic E-state index is 13.4. The molecule has 45 heavy (non-hydrogen) atoms. The van der Waals surface area contributed by atoms with Crippen LogP contribution in [-0.4, -0.2) is 68.3 Å². The Bertz CT molecular complexity index is 1580. The minimum Gasteiger partial charge on any atom is -0.459 e. The third-order valence-electron chi connectivity index (χ3n) is 6.97. The molecule has 1 heterocycles. The predicted octanol–water partition coefficient (Wildman–Crippen LogP) is 4.89. The van der Waals surface area contributed by atoms with Gasteiger partial charge in [-0.2, -0.15) is 0 Å². The summed E-state index contributed by atoms with van der Waals surface area (Å²) >= 11 is 0. The molecule has 0 saturated carbocycles. The lowest BCUT2D eigenvalue weighted by molar-refractivity contribution is -0.291. The molecule has 4 aromatic rings. The van der Waals surface area contributed by atoms with E-state index >= 15 is 0 Å². The highest BCUT2D eigenvalue weighted by molar-refractivity contribution is 5.91. The number of hydrogen-bond acceptors (Lipinski definition) is 10. The zero-order chi connectivity index (χ0) is 31.6. The van der Waals surface area contributed by atoms with Crippen LogP contribution in [0.5, 0.6) is 0 Å². The predicted molar refractivity (Wildman–Crippen MR) is 159 cm³/mol. The first-order valence-corrected chi connectivity index (χ1v) is 14.1. The smallest absolute Gasteiger partial charge is 0.338 e. The Kier molecular flexibility index (Phi) is 10.3. The molecular formula is C35H30O10. The van der Waals surface area contributed by atoms with E-state index in [0.717, 1.165) is 0 Å². The van der Waals surface area contributed by atoms with Gasteiger partial charge >= 0.3 is 23.9 Å². The lowest BCUT2D eigenvalue weighted by Crippen LogP contribution is -2.63. The third kappa shape index (κ3) is 7.80. The van der Waals surface area contributed by atoms with Gasteiger partial charge in [0.25, 0.3) is 0 Å². The van der Waals surface area contributed by atoms with Crippen molar-refractivity contribution < 1.29 is 47.6 Å². The van der Waals surface area contributed by atoms with E-state index in [-0.39, 0.29) is 22.3 Å². The van der Waals surface area contributed by atoms with Gasteiger partial charge in [-0.3, -0.25) is 0 Å². The zero-order valence-corrected chi connectivity index (χ0v) is 24.2. The summed E-state index contributed by atoms with van der Waals surface area (Å²) in [5.74, 6) is -2.96. The van der Waals surface area contributed by atoms with Crippen LogP contribution in [0.1, 0.15) is 41.4 Å². The number of carbonyl (C=O) groups is 4. The fraction of sp³-hybridized carbons (Fsp3) is 0.200. The largest absolute Gasteiger partial charge is 0.459 e. The minimum atomic E-state index is -1.45. The number of hydrogen-bond donors (Lipinski definition) is 0. The molecule has 0 spiro atoms. The number of esters is 4. The van der Waals surface area contributed by atoms with Crippen molar-refractivity contribution in [1.82, 2.24) is 0 Å². The first-order valence-electron chi connectivity index (χ1n) is 14.1. The molecule has 0 aliphatic carbocycles. The number of ether oxygens (including phenoxy) is 6. The normalized spacial score (nSPS) is 20.8. The molecule has 10 nitrogen and oxygen atoms in total. The third-order valence-corrected chi connectivity index (χ3v) is 6.97. The van der Waals surface area contributed by atoms with Crippen LogP contribution in [-0.2, 0) is 28.4 Å². The van der Waals surface area contributed by atoms with Gasteiger partial charge < -0.3 is 28.4 Å². The quantitative estimate of drug-likeness (QED) is 0.181. The van der Waals surface area contributed by atoms with Crippen molar-refractivity contribution in [3.63, 3.8) is 0 Å². The maximum atomic E-state index is 13.4. The summed E-state index contributed by atoms with van der Waals surface area (Å²) in [6.07, 6.45) is -6.76. The van der Waals surface area contributed by atoms with Crippen LogP contribution in [0, 0.1) is 0 Å². The summed E-state index contributed by atoms with van der Waals surface area (Å²) in [5.41, 5.74) is 0.914. The summed E-state index contributed by atoms with van der Waals surface area (Å²) < 4.78 is 34.9. The summed E-state index contributed by atoms with van der Waals surface area (Å²) in [6, 6.07) is 32.7. The lowest BCUT2D eigenvalue weighted by atomic mass is 9.97. The van der Waals surface area contributed by atoms with Gasteiger partial charge in [0.15, 0.2) is 24.6 Å². The van der Waals surface area contributed by atoms with Gasteiger partial charge in [0, 0.05) is 7.11 Å². The van der Waals surface area contributed by atoms with E-state index in [1.165, 1.54) is 7.11 Å². The van der Waals surface area contributed by atoms with E-state index in [2.05, 4.69) is 0 Å². The van der Waals surface area contributed by atoms with E-state index < -0.39 is 61.2 Å². The molecule has 1 aliphatic rings. The second kappa shape index (κ2) is 14.9. The van der Waals surface area contributed by atoms with Gasteiger partial charge in [0.2, 0.25) is 0 Å². The molecule has 10 heteroatoms. The molecule has 1 aliphatic heterocycles. The van der Waals surface area contributed by atoms with Crippen molar-refractivity contribution in [2.45, 2.75) is 30.7 Å². The maximum Gasteiger partial charge on any atom is 0.338 e. The number of carbonyl (C=O) groups excluding carboxylic acids is 4. The van der Waals surface area contributed by atoms with Gasteiger partial charge in [0.1, 0.15) is 12.7 Å². The Morgan fingerprint density at radius 1 is 0.511 bits per heavy atom. The number of rotatable bonds is 10. The van der Waals surface area contributed by atoms with Crippen LogP contribution in [0.15, 0.2) is 121 Å². The lowest BCUT2D eigenvalue weighted by Gasteiger charge is -2.44. The minimum absolute atomic E-state index is 0.200. The van der Waals surface area contributed by atoms with E-state index in [1.54, 1.807) is 121 Å². The Morgan fingerprint density at radius 2 is 0.867 bits per heavy atom. The zero-order valence-electron chi connectivity index (χ0n) is 24.2. The molecule has 0 unspecified atom stereocenters. The van der Waals surface area contributed by atoms with Gasteiger partial charge in [-0.25, -0.2) is 19.2 Å². The monoisotopic (exact) mass is 610 g/mol. The fourth-order valence-corrected chi connectivity index (χ4v) is 4.72. The van der Waals surface area contributed by atoms with E-state index in [9.17, 15) is 19.2 Å². The molecule has 0 bridgehead atoms. The molecule has 0 radical (unpaired) electrons. The van der Waals surface area contributed by atoms with Crippen molar-refractivity contribution in [3.8, 4) is 0 Å². The molecule has 0 aromatic heterocycles. The Balaban J connectivity index is 1.50. The van der Waals surface area contributed by atoms with Crippen LogP contribution in [0.3, 0.4) is 0 Å². The van der Waals surface area contributed by atoms with Gasteiger partial charge in [0.05, 0.1) is 22.3 Å². The Morgan fingerprint density at radius 3 is 1.27 bits per heavy atom. The fourth-order valence-electron chi connectivity index (χ4n) is 4.72. The van der Waals surface area contributed by atoms with Crippen molar-refractivity contribution in [2.75, 3.05) is 13.7 Å². The van der Waals surface area contributed by atoms with E-state index in [0.29, 0.717) is 0 Å². The van der Waals surface area contributed by atoms with Crippen LogP contribution >= 0.6 is 0 Å². The van der Waals surface area contributed by atoms with Crippen molar-refractivity contribution in [3.05, 3.63) is 144 Å². The van der Waals surface area contributed by atoms with Crippen molar-refractivity contribution in [2.24, 2.45) is 0 Å². The van der Waals surface area contributed by atoms with Crippen LogP contribution < -0.4 is 0 Å². The molecule has 5 rings (SSSR count). The summed E-state index contributed by atoms with van der Waals surface area (Å²) in [7, 11) is 1.31. The van der Waals surface area contributed by atoms with Crippen LogP contribution in [0.4, 0.5) is 0 Å². The second-order valence-corrected chi connectivity index (χ2v) is 9.95. The Labute approximate surface area is 259 Å². The highest BCUT2D eigenvalue weighted by Gasteiger charge is 2.53. The molecule has 230 valence electrons. The van der Waals surface area contributed by atoms with Crippen molar-refractivity contribution in [1.29, 1.82) is 0 Å². The van der Waals surface area contributed by atoms with E-state index in [1.807, 2.05) is 0 Å². The molecule has 5 atom stereocenters. The molecule has 1 fully saturated rings. The molecule has 1 saturated heterocycles. The molecular weight excluding hydrogens is 580 g/mol. The topological polar surface area (TPSA) is 124 Å². The first kappa shape index (κ1) is 31.1. The Hall–Kier alpha value is -5.32. The SMILES string of the molecule is CO[C@@H]1O[C@H](COC(=O)c2ccccc2)[C@H](OC(=O)c2ccccc2)[C@H](OC(=O)c2ccccc2)[C@H]1OC(=O)c1ccccc1. The second-order valence-electron chi connectivity index (χ2n) is 9.95. The molecule has 0 N–H and O–H groups in total. The number of benzene rings is 4. The molecule has 0 amide bonds. The van der Waals surface area contributed by atoms with E-state index in [4.69, 9.17) is 28.4 Å². The van der Waals surface area contributed by atoms with Crippen LogP contribution in [0.2, 0.25) is 0 Å². The summed E-state index contributed by atoms with van der Waals surface area (Å²) in [6.45, 7) is -0.418. The standard InChI is InChI=1S/C35H30O10/c1-40-35-30(45-34(39)26-20-12-5-13-21-26)29(44-33(38)25-18-10-4-11-19-25)28(43-32(37)24-16-8-3-9-17-24)27(42-35)22-41-31(36)23-14-6-2-7-15-23/h2-21,27-30,35H,22H2,1H3/t27-,28+,29+,30-,35-/m1/s1. The average molecular weight is 611 g/mol. The highest BCUT2D eigenvalue weighted by Crippen LogP contribution is 2.31. The van der Waals surface area contributed by atoms with Gasteiger partial charge in [-0.05, 0) is 48.5 Å². The van der Waals surface area contributed by atoms with Gasteiger partial charge in [-0.1, -0.05) is 72.8 Å². The first-order chi connectivity index (χ1) is 21.9. The molecule has 4 aromatic carbocycles. The van der Waals surface area contributed by atoms with Gasteiger partial charge in [-0.15, -0.1) is 0 Å².